The van der Waals surface area contributed by atoms with Crippen molar-refractivity contribution in [3.63, 3.8) is 0 Å². The molecule has 0 aliphatic carbocycles. The molecule has 0 saturated heterocycles. The number of nitrogens with zero attached hydrogens (tertiary/aromatic N) is 4. The molecule has 0 saturated carbocycles. The predicted octanol–water partition coefficient (Wildman–Crippen LogP) is 1.89. The van der Waals surface area contributed by atoms with Crippen LogP contribution >= 0.6 is 0 Å². The summed E-state index contributed by atoms with van der Waals surface area (Å²) in [5.74, 6) is 0. The molecule has 4 nitrogen and oxygen atoms in total. The molecule has 4 heteroatoms. The van der Waals surface area contributed by atoms with Gasteiger partial charge in [0.15, 0.2) is 5.65 Å². The van der Waals surface area contributed by atoms with Gasteiger partial charge in [0.05, 0.1) is 5.52 Å². The van der Waals surface area contributed by atoms with Crippen molar-refractivity contribution in [2.24, 2.45) is 0 Å². The van der Waals surface area contributed by atoms with Crippen LogP contribution in [0.25, 0.3) is 16.6 Å². The fourth-order valence-corrected chi connectivity index (χ4v) is 1.88. The molecular formula is C11H10N4. The van der Waals surface area contributed by atoms with Crippen LogP contribution in [0.2, 0.25) is 0 Å². The second-order valence-electron chi connectivity index (χ2n) is 3.80. The molecule has 0 unspecified atom stereocenters. The molecule has 3 rings (SSSR count). The highest BCUT2D eigenvalue weighted by atomic mass is 15.5. The quantitative estimate of drug-likeness (QED) is 0.554. The van der Waals surface area contributed by atoms with Crippen molar-refractivity contribution in [1.29, 1.82) is 0 Å². The van der Waals surface area contributed by atoms with Gasteiger partial charge in [-0.25, -0.2) is 0 Å². The maximum atomic E-state index is 3.99. The zero-order valence-corrected chi connectivity index (χ0v) is 8.60. The maximum Gasteiger partial charge on any atom is 0.182 e. The Bertz CT molecular complexity index is 654. The summed E-state index contributed by atoms with van der Waals surface area (Å²) in [6.45, 7) is 4.10. The van der Waals surface area contributed by atoms with Crippen LogP contribution in [0.1, 0.15) is 11.1 Å². The SMILES string of the molecule is Cc1ccc2c(c1)cc(C)c1nnnn12. The zero-order chi connectivity index (χ0) is 10.4. The first-order valence-electron chi connectivity index (χ1n) is 4.84. The second kappa shape index (κ2) is 2.76. The standard InChI is InChI=1S/C11H10N4/c1-7-3-4-10-9(5-7)6-8(2)11-12-13-14-15(10)11/h3-6H,1-2H3. The lowest BCUT2D eigenvalue weighted by atomic mass is 10.1. The largest absolute Gasteiger partial charge is 0.193 e. The molecule has 0 aliphatic rings. The third kappa shape index (κ3) is 1.11. The van der Waals surface area contributed by atoms with Gasteiger partial charge in [0, 0.05) is 5.39 Å². The average molecular weight is 198 g/mol. The average Bonchev–Trinajstić information content (AvgIpc) is 2.66. The zero-order valence-electron chi connectivity index (χ0n) is 8.60. The first-order valence-corrected chi connectivity index (χ1v) is 4.84. The van der Waals surface area contributed by atoms with Gasteiger partial charge < -0.3 is 0 Å². The Morgan fingerprint density at radius 3 is 2.87 bits per heavy atom. The number of rotatable bonds is 0. The number of tetrazole rings is 1. The molecule has 15 heavy (non-hydrogen) atoms. The smallest absolute Gasteiger partial charge is 0.182 e. The minimum atomic E-state index is 0.825. The second-order valence-corrected chi connectivity index (χ2v) is 3.80. The van der Waals surface area contributed by atoms with Crippen molar-refractivity contribution in [2.75, 3.05) is 0 Å². The van der Waals surface area contributed by atoms with Crippen molar-refractivity contribution >= 4 is 16.6 Å². The molecule has 2 heterocycles. The van der Waals surface area contributed by atoms with E-state index in [4.69, 9.17) is 0 Å². The topological polar surface area (TPSA) is 43.1 Å². The Kier molecular flexibility index (Phi) is 1.54. The molecule has 3 aromatic rings. The summed E-state index contributed by atoms with van der Waals surface area (Å²) < 4.78 is 1.78. The Morgan fingerprint density at radius 1 is 1.13 bits per heavy atom. The lowest BCUT2D eigenvalue weighted by Gasteiger charge is -2.03. The van der Waals surface area contributed by atoms with Crippen LogP contribution in [0, 0.1) is 13.8 Å². The van der Waals surface area contributed by atoms with Gasteiger partial charge >= 0.3 is 0 Å². The molecule has 1 aromatic carbocycles. The summed E-state index contributed by atoms with van der Waals surface area (Å²) in [6, 6.07) is 8.38. The molecule has 0 atom stereocenters. The lowest BCUT2D eigenvalue weighted by molar-refractivity contribution is 0.841. The van der Waals surface area contributed by atoms with E-state index < -0.39 is 0 Å². The number of aromatic nitrogens is 4. The predicted molar refractivity (Wildman–Crippen MR) is 57.8 cm³/mol. The van der Waals surface area contributed by atoms with E-state index in [-0.39, 0.29) is 0 Å². The minimum Gasteiger partial charge on any atom is -0.193 e. The Balaban J connectivity index is 2.60. The Hall–Kier alpha value is -1.97. The summed E-state index contributed by atoms with van der Waals surface area (Å²) in [5, 5.41) is 12.9. The van der Waals surface area contributed by atoms with Crippen LogP contribution in [0.3, 0.4) is 0 Å². The van der Waals surface area contributed by atoms with Crippen molar-refractivity contribution in [3.05, 3.63) is 35.4 Å². The van der Waals surface area contributed by atoms with Crippen LogP contribution in [0.5, 0.6) is 0 Å². The van der Waals surface area contributed by atoms with Crippen LogP contribution in [0.4, 0.5) is 0 Å². The summed E-state index contributed by atoms with van der Waals surface area (Å²) in [6.07, 6.45) is 0. The summed E-state index contributed by atoms with van der Waals surface area (Å²) >= 11 is 0. The summed E-state index contributed by atoms with van der Waals surface area (Å²) in [5.41, 5.74) is 4.21. The van der Waals surface area contributed by atoms with E-state index in [1.807, 2.05) is 13.0 Å². The van der Waals surface area contributed by atoms with E-state index in [0.717, 1.165) is 16.7 Å². The highest BCUT2D eigenvalue weighted by molar-refractivity contribution is 5.83. The first kappa shape index (κ1) is 8.35. The van der Waals surface area contributed by atoms with Crippen LogP contribution in [0.15, 0.2) is 24.3 Å². The number of aryl methyl sites for hydroxylation is 2. The summed E-state index contributed by atoms with van der Waals surface area (Å²) in [4.78, 5) is 0. The number of hydrogen-bond donors (Lipinski definition) is 0. The minimum absolute atomic E-state index is 0.825. The molecule has 0 radical (unpaired) electrons. The molecule has 2 aromatic heterocycles. The molecule has 0 aliphatic heterocycles. The van der Waals surface area contributed by atoms with E-state index in [9.17, 15) is 0 Å². The molecule has 0 bridgehead atoms. The van der Waals surface area contributed by atoms with Gasteiger partial charge in [-0.2, -0.15) is 4.52 Å². The van der Waals surface area contributed by atoms with Gasteiger partial charge in [-0.1, -0.05) is 11.6 Å². The van der Waals surface area contributed by atoms with Gasteiger partial charge in [-0.05, 0) is 48.0 Å². The van der Waals surface area contributed by atoms with Crippen LogP contribution in [-0.4, -0.2) is 20.0 Å². The van der Waals surface area contributed by atoms with E-state index >= 15 is 0 Å². The number of pyridine rings is 1. The monoisotopic (exact) mass is 198 g/mol. The van der Waals surface area contributed by atoms with Gasteiger partial charge in [0.1, 0.15) is 0 Å². The molecular weight excluding hydrogens is 188 g/mol. The highest BCUT2D eigenvalue weighted by Crippen LogP contribution is 2.19. The van der Waals surface area contributed by atoms with Crippen molar-refractivity contribution in [1.82, 2.24) is 20.0 Å². The Labute approximate surface area is 86.5 Å². The van der Waals surface area contributed by atoms with Crippen molar-refractivity contribution in [3.8, 4) is 0 Å². The van der Waals surface area contributed by atoms with E-state index in [0.29, 0.717) is 0 Å². The van der Waals surface area contributed by atoms with E-state index in [1.165, 1.54) is 10.9 Å². The molecule has 74 valence electrons. The van der Waals surface area contributed by atoms with Crippen LogP contribution < -0.4 is 0 Å². The third-order valence-electron chi connectivity index (χ3n) is 2.61. The fraction of sp³-hybridized carbons (Fsp3) is 0.182. The molecule has 0 fully saturated rings. The van der Waals surface area contributed by atoms with Gasteiger partial charge in [-0.15, -0.1) is 5.10 Å². The number of hydrogen-bond acceptors (Lipinski definition) is 3. The first-order chi connectivity index (χ1) is 7.25. The Morgan fingerprint density at radius 2 is 2.00 bits per heavy atom. The van der Waals surface area contributed by atoms with Crippen molar-refractivity contribution in [2.45, 2.75) is 13.8 Å². The number of benzene rings is 1. The van der Waals surface area contributed by atoms with Gasteiger partial charge in [-0.3, -0.25) is 0 Å². The van der Waals surface area contributed by atoms with Crippen molar-refractivity contribution < 1.29 is 0 Å². The highest BCUT2D eigenvalue weighted by Gasteiger charge is 2.06. The fourth-order valence-electron chi connectivity index (χ4n) is 1.88. The van der Waals surface area contributed by atoms with Crippen LogP contribution in [-0.2, 0) is 0 Å². The molecule has 0 N–H and O–H groups in total. The number of fused-ring (bicyclic) bond motifs is 3. The third-order valence-corrected chi connectivity index (χ3v) is 2.61. The lowest BCUT2D eigenvalue weighted by Crippen LogP contribution is -1.93. The maximum absolute atomic E-state index is 3.99. The van der Waals surface area contributed by atoms with Gasteiger partial charge in [0.2, 0.25) is 0 Å². The van der Waals surface area contributed by atoms with E-state index in [2.05, 4.69) is 40.6 Å². The van der Waals surface area contributed by atoms with E-state index in [1.54, 1.807) is 4.52 Å². The van der Waals surface area contributed by atoms with Gasteiger partial charge in [0.25, 0.3) is 0 Å². The molecule has 0 amide bonds. The molecule has 0 spiro atoms. The summed E-state index contributed by atoms with van der Waals surface area (Å²) in [7, 11) is 0. The normalized spacial score (nSPS) is 11.3.